The third-order valence-corrected chi connectivity index (χ3v) is 2.64. The Hall–Kier alpha value is -0.350. The van der Waals surface area contributed by atoms with Gasteiger partial charge in [0.1, 0.15) is 0 Å². The SMILES string of the molecule is CC1CCCC(NC(=S)NN)C1. The van der Waals surface area contributed by atoms with Gasteiger partial charge in [0, 0.05) is 6.04 Å². The van der Waals surface area contributed by atoms with Crippen LogP contribution in [0.1, 0.15) is 32.6 Å². The first-order chi connectivity index (χ1) is 5.72. The van der Waals surface area contributed by atoms with Crippen LogP contribution in [0.15, 0.2) is 0 Å². The minimum atomic E-state index is 0.525. The van der Waals surface area contributed by atoms with Crippen LogP contribution in [-0.4, -0.2) is 11.2 Å². The van der Waals surface area contributed by atoms with Crippen molar-refractivity contribution in [2.24, 2.45) is 11.8 Å². The molecule has 12 heavy (non-hydrogen) atoms. The second-order valence-corrected chi connectivity index (χ2v) is 3.99. The zero-order chi connectivity index (χ0) is 8.97. The van der Waals surface area contributed by atoms with Crippen molar-refractivity contribution < 1.29 is 0 Å². The fraction of sp³-hybridized carbons (Fsp3) is 0.875. The van der Waals surface area contributed by atoms with E-state index in [1.165, 1.54) is 25.7 Å². The maximum Gasteiger partial charge on any atom is 0.180 e. The molecule has 2 unspecified atom stereocenters. The van der Waals surface area contributed by atoms with Gasteiger partial charge in [0.25, 0.3) is 0 Å². The van der Waals surface area contributed by atoms with Crippen LogP contribution in [0, 0.1) is 5.92 Å². The molecule has 1 saturated carbocycles. The van der Waals surface area contributed by atoms with Crippen molar-refractivity contribution in [3.05, 3.63) is 0 Å². The number of hydrogen-bond donors (Lipinski definition) is 3. The lowest BCUT2D eigenvalue weighted by molar-refractivity contribution is 0.325. The summed E-state index contributed by atoms with van der Waals surface area (Å²) in [5.41, 5.74) is 2.45. The van der Waals surface area contributed by atoms with Gasteiger partial charge in [-0.25, -0.2) is 5.84 Å². The van der Waals surface area contributed by atoms with Crippen molar-refractivity contribution >= 4 is 17.3 Å². The van der Waals surface area contributed by atoms with Gasteiger partial charge in [0.05, 0.1) is 0 Å². The fourth-order valence-electron chi connectivity index (χ4n) is 1.79. The molecule has 0 radical (unpaired) electrons. The molecule has 70 valence electrons. The Morgan fingerprint density at radius 2 is 2.25 bits per heavy atom. The zero-order valence-corrected chi connectivity index (χ0v) is 8.29. The largest absolute Gasteiger partial charge is 0.359 e. The van der Waals surface area contributed by atoms with E-state index in [1.807, 2.05) is 0 Å². The summed E-state index contributed by atoms with van der Waals surface area (Å²) in [5.74, 6) is 5.99. The molecule has 3 nitrogen and oxygen atoms in total. The number of nitrogens with two attached hydrogens (primary N) is 1. The van der Waals surface area contributed by atoms with Gasteiger partial charge in [0.15, 0.2) is 5.11 Å². The molecule has 0 aliphatic heterocycles. The van der Waals surface area contributed by atoms with Gasteiger partial charge < -0.3 is 10.7 Å². The van der Waals surface area contributed by atoms with Crippen LogP contribution in [0.5, 0.6) is 0 Å². The molecule has 1 fully saturated rings. The predicted molar refractivity (Wildman–Crippen MR) is 54.5 cm³/mol. The molecule has 0 aromatic rings. The van der Waals surface area contributed by atoms with Gasteiger partial charge in [-0.3, -0.25) is 0 Å². The molecule has 0 bridgehead atoms. The Labute approximate surface area is 79.1 Å². The van der Waals surface area contributed by atoms with Gasteiger partial charge in [0.2, 0.25) is 0 Å². The van der Waals surface area contributed by atoms with E-state index < -0.39 is 0 Å². The van der Waals surface area contributed by atoms with Crippen molar-refractivity contribution in [3.63, 3.8) is 0 Å². The van der Waals surface area contributed by atoms with Gasteiger partial charge in [-0.05, 0) is 31.0 Å². The smallest absolute Gasteiger partial charge is 0.180 e. The van der Waals surface area contributed by atoms with E-state index in [0.29, 0.717) is 11.2 Å². The predicted octanol–water partition coefficient (Wildman–Crippen LogP) is 0.903. The van der Waals surface area contributed by atoms with E-state index in [0.717, 1.165) is 5.92 Å². The Kier molecular flexibility index (Phi) is 3.75. The summed E-state index contributed by atoms with van der Waals surface area (Å²) in [6, 6.07) is 0.525. The van der Waals surface area contributed by atoms with Crippen molar-refractivity contribution in [3.8, 4) is 0 Å². The van der Waals surface area contributed by atoms with E-state index >= 15 is 0 Å². The molecule has 2 atom stereocenters. The van der Waals surface area contributed by atoms with Crippen LogP contribution in [0.3, 0.4) is 0 Å². The maximum atomic E-state index is 5.17. The van der Waals surface area contributed by atoms with Crippen molar-refractivity contribution in [2.75, 3.05) is 0 Å². The third-order valence-electron chi connectivity index (χ3n) is 2.40. The summed E-state index contributed by atoms with van der Waals surface area (Å²) in [7, 11) is 0. The number of hydrazine groups is 1. The van der Waals surface area contributed by atoms with Crippen LogP contribution < -0.4 is 16.6 Å². The van der Waals surface area contributed by atoms with E-state index in [2.05, 4.69) is 17.7 Å². The van der Waals surface area contributed by atoms with Gasteiger partial charge in [-0.15, -0.1) is 0 Å². The summed E-state index contributed by atoms with van der Waals surface area (Å²) < 4.78 is 0. The standard InChI is InChI=1S/C8H17N3S/c1-6-3-2-4-7(5-6)10-8(12)11-9/h6-7H,2-5,9H2,1H3,(H2,10,11,12). The number of rotatable bonds is 1. The highest BCUT2D eigenvalue weighted by Crippen LogP contribution is 2.23. The molecule has 1 rings (SSSR count). The van der Waals surface area contributed by atoms with Crippen LogP contribution >= 0.6 is 12.2 Å². The van der Waals surface area contributed by atoms with E-state index in [4.69, 9.17) is 18.1 Å². The van der Waals surface area contributed by atoms with E-state index in [9.17, 15) is 0 Å². The first kappa shape index (κ1) is 9.74. The summed E-state index contributed by atoms with van der Waals surface area (Å²) in [6.45, 7) is 2.28. The molecular weight excluding hydrogens is 170 g/mol. The van der Waals surface area contributed by atoms with E-state index in [-0.39, 0.29) is 0 Å². The van der Waals surface area contributed by atoms with Crippen molar-refractivity contribution in [1.29, 1.82) is 0 Å². The van der Waals surface area contributed by atoms with Crippen molar-refractivity contribution in [1.82, 2.24) is 10.7 Å². The first-order valence-electron chi connectivity index (χ1n) is 4.49. The molecule has 0 amide bonds. The topological polar surface area (TPSA) is 50.1 Å². The van der Waals surface area contributed by atoms with Gasteiger partial charge >= 0.3 is 0 Å². The normalized spacial score (nSPS) is 29.5. The molecule has 0 heterocycles. The average Bonchev–Trinajstić information content (AvgIpc) is 2.04. The molecule has 4 heteroatoms. The summed E-state index contributed by atoms with van der Waals surface area (Å²) in [6.07, 6.45) is 5.07. The third kappa shape index (κ3) is 2.95. The molecular formula is C8H17N3S. The lowest BCUT2D eigenvalue weighted by atomic mass is 9.87. The second kappa shape index (κ2) is 4.62. The molecule has 1 aliphatic rings. The minimum absolute atomic E-state index is 0.525. The first-order valence-corrected chi connectivity index (χ1v) is 4.90. The highest BCUT2D eigenvalue weighted by Gasteiger charge is 2.18. The Morgan fingerprint density at radius 1 is 1.50 bits per heavy atom. The van der Waals surface area contributed by atoms with Crippen LogP contribution in [0.2, 0.25) is 0 Å². The lowest BCUT2D eigenvalue weighted by Crippen LogP contribution is -2.46. The Balaban J connectivity index is 2.27. The number of thiocarbonyl (C=S) groups is 1. The molecule has 0 aromatic heterocycles. The molecule has 0 aromatic carbocycles. The fourth-order valence-corrected chi connectivity index (χ4v) is 1.96. The number of hydrogen-bond acceptors (Lipinski definition) is 2. The minimum Gasteiger partial charge on any atom is -0.359 e. The van der Waals surface area contributed by atoms with Crippen LogP contribution in [0.25, 0.3) is 0 Å². The molecule has 4 N–H and O–H groups in total. The summed E-state index contributed by atoms with van der Waals surface area (Å²) in [5, 5.41) is 3.76. The quantitative estimate of drug-likeness (QED) is 0.324. The van der Waals surface area contributed by atoms with E-state index in [1.54, 1.807) is 0 Å². The van der Waals surface area contributed by atoms with Gasteiger partial charge in [-0.1, -0.05) is 19.8 Å². The maximum absolute atomic E-state index is 5.17. The summed E-state index contributed by atoms with van der Waals surface area (Å²) >= 11 is 4.93. The second-order valence-electron chi connectivity index (χ2n) is 3.59. The highest BCUT2D eigenvalue weighted by molar-refractivity contribution is 7.80. The number of nitrogens with one attached hydrogen (secondary N) is 2. The highest BCUT2D eigenvalue weighted by atomic mass is 32.1. The average molecular weight is 187 g/mol. The van der Waals surface area contributed by atoms with Gasteiger partial charge in [-0.2, -0.15) is 0 Å². The van der Waals surface area contributed by atoms with Crippen molar-refractivity contribution in [2.45, 2.75) is 38.6 Å². The molecule has 0 saturated heterocycles. The summed E-state index contributed by atoms with van der Waals surface area (Å²) in [4.78, 5) is 0. The molecule has 0 spiro atoms. The van der Waals surface area contributed by atoms with Crippen LogP contribution in [-0.2, 0) is 0 Å². The van der Waals surface area contributed by atoms with Crippen LogP contribution in [0.4, 0.5) is 0 Å². The molecule has 1 aliphatic carbocycles. The monoisotopic (exact) mass is 187 g/mol. The lowest BCUT2D eigenvalue weighted by Gasteiger charge is -2.28. The Bertz CT molecular complexity index is 160. The Morgan fingerprint density at radius 3 is 2.83 bits per heavy atom. The zero-order valence-electron chi connectivity index (χ0n) is 7.47.